The fraction of sp³-hybridized carbons (Fsp3) is 0.920. The molecule has 160 valence electrons. The molecule has 3 nitrogen and oxygen atoms in total. The van der Waals surface area contributed by atoms with E-state index in [9.17, 15) is 15.3 Å². The molecule has 4 fully saturated rings. The summed E-state index contributed by atoms with van der Waals surface area (Å²) in [7, 11) is 0. The molecular formula is C25H42O3. The molecule has 0 unspecified atom stereocenters. The maximum atomic E-state index is 11.5. The minimum absolute atomic E-state index is 0.0576. The highest BCUT2D eigenvalue weighted by Crippen LogP contribution is 2.69. The van der Waals surface area contributed by atoms with E-state index in [0.29, 0.717) is 17.8 Å². The van der Waals surface area contributed by atoms with Crippen LogP contribution in [-0.4, -0.2) is 33.6 Å². The number of fused-ring (bicyclic) bond motifs is 5. The summed E-state index contributed by atoms with van der Waals surface area (Å²) in [6.45, 7) is 9.35. The Morgan fingerprint density at radius 3 is 2.50 bits per heavy atom. The van der Waals surface area contributed by atoms with Gasteiger partial charge in [0.05, 0.1) is 18.3 Å². The summed E-state index contributed by atoms with van der Waals surface area (Å²) < 4.78 is 0. The van der Waals surface area contributed by atoms with Gasteiger partial charge in [0.2, 0.25) is 0 Å². The van der Waals surface area contributed by atoms with Crippen LogP contribution in [0.1, 0.15) is 91.9 Å². The first-order chi connectivity index (χ1) is 13.2. The molecule has 28 heavy (non-hydrogen) atoms. The van der Waals surface area contributed by atoms with Crippen LogP contribution in [-0.2, 0) is 0 Å². The van der Waals surface area contributed by atoms with Crippen molar-refractivity contribution in [2.24, 2.45) is 34.5 Å². The van der Waals surface area contributed by atoms with Crippen molar-refractivity contribution < 1.29 is 15.3 Å². The zero-order valence-electron chi connectivity index (χ0n) is 18.5. The maximum Gasteiger partial charge on any atom is 0.0614 e. The minimum Gasteiger partial charge on any atom is -0.393 e. The molecule has 4 aliphatic carbocycles. The largest absolute Gasteiger partial charge is 0.393 e. The summed E-state index contributed by atoms with van der Waals surface area (Å²) in [6.07, 6.45) is 9.32. The summed E-state index contributed by atoms with van der Waals surface area (Å²) in [4.78, 5) is 0. The smallest absolute Gasteiger partial charge is 0.0614 e. The van der Waals surface area contributed by atoms with Crippen molar-refractivity contribution in [2.45, 2.75) is 110 Å². The average molecular weight is 391 g/mol. The van der Waals surface area contributed by atoms with Crippen LogP contribution in [0.3, 0.4) is 0 Å². The fourth-order valence-electron chi connectivity index (χ4n) is 8.16. The van der Waals surface area contributed by atoms with Gasteiger partial charge in [-0.05, 0) is 80.0 Å². The molecule has 0 amide bonds. The predicted octanol–water partition coefficient (Wildman–Crippen LogP) is 4.69. The van der Waals surface area contributed by atoms with Crippen LogP contribution in [0.25, 0.3) is 0 Å². The van der Waals surface area contributed by atoms with Crippen molar-refractivity contribution in [3.8, 4) is 0 Å². The van der Waals surface area contributed by atoms with Crippen molar-refractivity contribution in [2.75, 3.05) is 0 Å². The Hall–Kier alpha value is -0.120. The normalized spacial score (nSPS) is 50.7. The molecule has 4 aliphatic rings. The van der Waals surface area contributed by atoms with Crippen molar-refractivity contribution in [1.82, 2.24) is 0 Å². The molecule has 3 N–H and O–H groups in total. The lowest BCUT2D eigenvalue weighted by Gasteiger charge is -2.63. The monoisotopic (exact) mass is 390 g/mol. The van der Waals surface area contributed by atoms with Crippen LogP contribution in [0, 0.1) is 46.3 Å². The summed E-state index contributed by atoms with van der Waals surface area (Å²) in [5, 5.41) is 32.9. The number of aliphatic hydroxyl groups excluding tert-OH is 3. The molecule has 0 heterocycles. The molecule has 0 spiro atoms. The van der Waals surface area contributed by atoms with Gasteiger partial charge in [-0.2, -0.15) is 0 Å². The van der Waals surface area contributed by atoms with Gasteiger partial charge in [-0.15, -0.1) is 0 Å². The van der Waals surface area contributed by atoms with Gasteiger partial charge in [-0.25, -0.2) is 0 Å². The SMILES string of the molecule is CCCC[C@@H](C)[C@H]1CC[C@H]2[C]3[C@H](O)C[C]4C[C@H](O)CC[C@]4(C)[C@H]3C[C@H](O)[C@]12C. The first kappa shape index (κ1) is 21.1. The van der Waals surface area contributed by atoms with E-state index >= 15 is 0 Å². The first-order valence-corrected chi connectivity index (χ1v) is 12.0. The summed E-state index contributed by atoms with van der Waals surface area (Å²) in [6, 6.07) is 0. The Morgan fingerprint density at radius 2 is 1.79 bits per heavy atom. The van der Waals surface area contributed by atoms with Gasteiger partial charge in [0.15, 0.2) is 0 Å². The second kappa shape index (κ2) is 7.54. The van der Waals surface area contributed by atoms with Gasteiger partial charge in [-0.1, -0.05) is 47.0 Å². The number of aliphatic hydroxyl groups is 3. The van der Waals surface area contributed by atoms with Gasteiger partial charge in [0.1, 0.15) is 0 Å². The molecule has 0 aromatic rings. The maximum absolute atomic E-state index is 11.5. The molecule has 0 bridgehead atoms. The molecule has 3 heteroatoms. The van der Waals surface area contributed by atoms with E-state index in [1.54, 1.807) is 0 Å². The van der Waals surface area contributed by atoms with E-state index in [-0.39, 0.29) is 35.1 Å². The zero-order valence-corrected chi connectivity index (χ0v) is 18.5. The summed E-state index contributed by atoms with van der Waals surface area (Å²) in [5.41, 5.74) is -0.0238. The van der Waals surface area contributed by atoms with Gasteiger partial charge in [0, 0.05) is 11.3 Å². The second-order valence-corrected chi connectivity index (χ2v) is 11.2. The van der Waals surface area contributed by atoms with E-state index in [1.807, 2.05) is 0 Å². The van der Waals surface area contributed by atoms with E-state index in [0.717, 1.165) is 38.5 Å². The quantitative estimate of drug-likeness (QED) is 0.652. The average Bonchev–Trinajstić information content (AvgIpc) is 3.01. The van der Waals surface area contributed by atoms with E-state index in [4.69, 9.17) is 0 Å². The summed E-state index contributed by atoms with van der Waals surface area (Å²) in [5.74, 6) is 4.58. The number of hydrogen-bond acceptors (Lipinski definition) is 3. The van der Waals surface area contributed by atoms with Crippen LogP contribution in [0.4, 0.5) is 0 Å². The van der Waals surface area contributed by atoms with Crippen LogP contribution in [0.5, 0.6) is 0 Å². The fourth-order valence-corrected chi connectivity index (χ4v) is 8.16. The van der Waals surface area contributed by atoms with Gasteiger partial charge in [-0.3, -0.25) is 0 Å². The first-order valence-electron chi connectivity index (χ1n) is 12.0. The highest BCUT2D eigenvalue weighted by atomic mass is 16.3. The third-order valence-electron chi connectivity index (χ3n) is 9.88. The standard InChI is InChI=1S/C25H42O3/c1-5-6-7-15(2)18-8-9-19-23-20(14-22(28)25(18,19)4)24(3)11-10-17(26)12-16(24)13-21(23)27/h15,17-22,26-28H,5-14H2,1-4H3/t15-,17-,18-,19+,20+,21-,22+,24+,25-/m1/s1. The highest BCUT2D eigenvalue weighted by molar-refractivity contribution is 5.32. The van der Waals surface area contributed by atoms with Crippen LogP contribution in [0.2, 0.25) is 0 Å². The van der Waals surface area contributed by atoms with E-state index in [1.165, 1.54) is 37.5 Å². The Bertz CT molecular complexity index is 564. The Balaban J connectivity index is 1.62. The van der Waals surface area contributed by atoms with Gasteiger partial charge in [0.25, 0.3) is 0 Å². The Morgan fingerprint density at radius 1 is 1.04 bits per heavy atom. The van der Waals surface area contributed by atoms with E-state index < -0.39 is 0 Å². The predicted molar refractivity (Wildman–Crippen MR) is 112 cm³/mol. The molecule has 0 aliphatic heterocycles. The van der Waals surface area contributed by atoms with Crippen LogP contribution in [0.15, 0.2) is 0 Å². The minimum atomic E-state index is -0.375. The number of hydrogen-bond donors (Lipinski definition) is 3. The highest BCUT2D eigenvalue weighted by Gasteiger charge is 2.66. The number of unbranched alkanes of at least 4 members (excludes halogenated alkanes) is 1. The van der Waals surface area contributed by atoms with Gasteiger partial charge >= 0.3 is 0 Å². The molecule has 0 saturated heterocycles. The van der Waals surface area contributed by atoms with Crippen molar-refractivity contribution >= 4 is 0 Å². The Labute approximate surface area is 172 Å². The molecule has 4 saturated carbocycles. The van der Waals surface area contributed by atoms with Crippen LogP contribution < -0.4 is 0 Å². The molecule has 0 aromatic carbocycles. The zero-order chi connectivity index (χ0) is 20.3. The molecular weight excluding hydrogens is 348 g/mol. The molecule has 2 radical (unpaired) electrons. The number of rotatable bonds is 4. The molecule has 9 atom stereocenters. The summed E-state index contributed by atoms with van der Waals surface area (Å²) >= 11 is 0. The lowest BCUT2D eigenvalue weighted by Crippen LogP contribution is -2.61. The second-order valence-electron chi connectivity index (χ2n) is 11.2. The third kappa shape index (κ3) is 3.02. The van der Waals surface area contributed by atoms with Crippen molar-refractivity contribution in [3.05, 3.63) is 11.8 Å². The van der Waals surface area contributed by atoms with E-state index in [2.05, 4.69) is 27.7 Å². The Kier molecular flexibility index (Phi) is 5.69. The molecule has 4 rings (SSSR count). The lowest BCUT2D eigenvalue weighted by atomic mass is 9.43. The van der Waals surface area contributed by atoms with Crippen LogP contribution >= 0.6 is 0 Å². The third-order valence-corrected chi connectivity index (χ3v) is 9.88. The van der Waals surface area contributed by atoms with Crippen molar-refractivity contribution in [1.29, 1.82) is 0 Å². The molecule has 0 aromatic heterocycles. The topological polar surface area (TPSA) is 60.7 Å². The van der Waals surface area contributed by atoms with Crippen molar-refractivity contribution in [3.63, 3.8) is 0 Å². The lowest BCUT2D eigenvalue weighted by molar-refractivity contribution is -0.121. The van der Waals surface area contributed by atoms with Gasteiger partial charge < -0.3 is 15.3 Å².